The van der Waals surface area contributed by atoms with Crippen molar-refractivity contribution in [3.8, 4) is 28.8 Å². The topological polar surface area (TPSA) is 66.1 Å². The summed E-state index contributed by atoms with van der Waals surface area (Å²) in [6.45, 7) is 0. The molecule has 0 saturated carbocycles. The summed E-state index contributed by atoms with van der Waals surface area (Å²) in [7, 11) is 1.48. The summed E-state index contributed by atoms with van der Waals surface area (Å²) in [5.41, 5.74) is 2.47. The smallest absolute Gasteiger partial charge is 0.160 e. The number of rotatable bonds is 4. The van der Waals surface area contributed by atoms with Gasteiger partial charge in [-0.3, -0.25) is 0 Å². The Morgan fingerprint density at radius 2 is 2.08 bits per heavy atom. The molecule has 0 saturated heterocycles. The van der Waals surface area contributed by atoms with Gasteiger partial charge >= 0.3 is 0 Å². The Bertz CT molecular complexity index is 1040. The summed E-state index contributed by atoms with van der Waals surface area (Å²) in [5, 5.41) is 22.8. The molecule has 1 N–H and O–H groups in total. The zero-order chi connectivity index (χ0) is 18.7. The van der Waals surface area contributed by atoms with Gasteiger partial charge in [-0.15, -0.1) is 11.3 Å². The number of nitriles is 1. The quantitative estimate of drug-likeness (QED) is 0.551. The van der Waals surface area contributed by atoms with Crippen LogP contribution in [0.5, 0.6) is 11.5 Å². The number of hydrogen-bond acceptors (Lipinski definition) is 5. The van der Waals surface area contributed by atoms with Crippen molar-refractivity contribution in [1.82, 2.24) is 4.98 Å². The number of aromatic hydroxyl groups is 1. The minimum absolute atomic E-state index is 0.00585. The summed E-state index contributed by atoms with van der Waals surface area (Å²) >= 11 is 13.5. The van der Waals surface area contributed by atoms with Gasteiger partial charge in [0.2, 0.25) is 0 Å². The van der Waals surface area contributed by atoms with Crippen LogP contribution in [-0.4, -0.2) is 17.2 Å². The Morgan fingerprint density at radius 1 is 1.27 bits per heavy atom. The number of allylic oxidation sites excluding steroid dienone is 1. The monoisotopic (exact) mass is 402 g/mol. The molecular weight excluding hydrogens is 391 g/mol. The third-order valence-electron chi connectivity index (χ3n) is 3.58. The molecule has 3 aromatic rings. The Kier molecular flexibility index (Phi) is 5.48. The fraction of sp³-hybridized carbons (Fsp3) is 0.0526. The Hall–Kier alpha value is -2.52. The van der Waals surface area contributed by atoms with Crippen molar-refractivity contribution in [2.45, 2.75) is 0 Å². The van der Waals surface area contributed by atoms with Gasteiger partial charge in [0.05, 0.1) is 23.4 Å². The second-order valence-electron chi connectivity index (χ2n) is 5.26. The normalized spacial score (nSPS) is 11.2. The van der Waals surface area contributed by atoms with Crippen molar-refractivity contribution in [1.29, 1.82) is 5.26 Å². The van der Waals surface area contributed by atoms with Gasteiger partial charge in [-0.05, 0) is 42.0 Å². The van der Waals surface area contributed by atoms with Crippen molar-refractivity contribution >= 4 is 46.2 Å². The number of methoxy groups -OCH3 is 1. The van der Waals surface area contributed by atoms with Gasteiger partial charge in [-0.25, -0.2) is 4.98 Å². The third kappa shape index (κ3) is 3.83. The van der Waals surface area contributed by atoms with E-state index in [0.29, 0.717) is 37.6 Å². The van der Waals surface area contributed by atoms with E-state index >= 15 is 0 Å². The van der Waals surface area contributed by atoms with E-state index in [1.54, 1.807) is 36.4 Å². The predicted molar refractivity (Wildman–Crippen MR) is 106 cm³/mol. The van der Waals surface area contributed by atoms with Crippen LogP contribution in [0, 0.1) is 11.3 Å². The number of thiazole rings is 1. The molecule has 130 valence electrons. The summed E-state index contributed by atoms with van der Waals surface area (Å²) in [5.74, 6) is 0.376. The second-order valence-corrected chi connectivity index (χ2v) is 6.96. The highest BCUT2D eigenvalue weighted by atomic mass is 35.5. The van der Waals surface area contributed by atoms with Crippen molar-refractivity contribution in [3.05, 3.63) is 62.4 Å². The van der Waals surface area contributed by atoms with Gasteiger partial charge in [-0.1, -0.05) is 29.3 Å². The maximum atomic E-state index is 9.88. The number of phenolic OH excluding ortho intramolecular Hbond substituents is 1. The van der Waals surface area contributed by atoms with Crippen LogP contribution in [0.3, 0.4) is 0 Å². The molecule has 1 heterocycles. The first-order valence-electron chi connectivity index (χ1n) is 7.42. The lowest BCUT2D eigenvalue weighted by Gasteiger charge is -2.03. The summed E-state index contributed by atoms with van der Waals surface area (Å²) in [4.78, 5) is 4.51. The van der Waals surface area contributed by atoms with E-state index in [2.05, 4.69) is 11.1 Å². The second kappa shape index (κ2) is 7.79. The van der Waals surface area contributed by atoms with Crippen LogP contribution in [0.25, 0.3) is 22.9 Å². The molecule has 0 aliphatic heterocycles. The van der Waals surface area contributed by atoms with Crippen LogP contribution >= 0.6 is 34.5 Å². The molecule has 3 rings (SSSR count). The van der Waals surface area contributed by atoms with E-state index in [-0.39, 0.29) is 5.75 Å². The first kappa shape index (κ1) is 18.3. The minimum Gasteiger partial charge on any atom is -0.504 e. The number of halogens is 2. The van der Waals surface area contributed by atoms with Crippen LogP contribution in [0.2, 0.25) is 10.0 Å². The van der Waals surface area contributed by atoms with E-state index in [9.17, 15) is 10.4 Å². The fourth-order valence-corrected chi connectivity index (χ4v) is 3.61. The molecule has 0 radical (unpaired) electrons. The van der Waals surface area contributed by atoms with E-state index < -0.39 is 0 Å². The molecule has 0 unspecified atom stereocenters. The maximum Gasteiger partial charge on any atom is 0.160 e. The number of ether oxygens (including phenoxy) is 1. The zero-order valence-corrected chi connectivity index (χ0v) is 15.9. The summed E-state index contributed by atoms with van der Waals surface area (Å²) < 4.78 is 5.02. The molecule has 7 heteroatoms. The average molecular weight is 403 g/mol. The van der Waals surface area contributed by atoms with Crippen LogP contribution in [-0.2, 0) is 0 Å². The predicted octanol–water partition coefficient (Wildman–Crippen LogP) is 5.90. The van der Waals surface area contributed by atoms with Gasteiger partial charge in [0.25, 0.3) is 0 Å². The molecule has 0 atom stereocenters. The Balaban J connectivity index is 1.96. The molecule has 2 aromatic carbocycles. The van der Waals surface area contributed by atoms with Crippen molar-refractivity contribution in [2.75, 3.05) is 7.11 Å². The number of hydrogen-bond donors (Lipinski definition) is 1. The fourth-order valence-electron chi connectivity index (χ4n) is 2.32. The molecule has 26 heavy (non-hydrogen) atoms. The Morgan fingerprint density at radius 3 is 2.73 bits per heavy atom. The minimum atomic E-state index is 0.00585. The van der Waals surface area contributed by atoms with Crippen molar-refractivity contribution in [2.24, 2.45) is 0 Å². The molecule has 4 nitrogen and oxygen atoms in total. The van der Waals surface area contributed by atoms with Gasteiger partial charge < -0.3 is 9.84 Å². The van der Waals surface area contributed by atoms with Gasteiger partial charge in [-0.2, -0.15) is 5.26 Å². The highest BCUT2D eigenvalue weighted by molar-refractivity contribution is 7.11. The van der Waals surface area contributed by atoms with Gasteiger partial charge in [0, 0.05) is 16.0 Å². The molecule has 0 bridgehead atoms. The lowest BCUT2D eigenvalue weighted by Crippen LogP contribution is -1.86. The van der Waals surface area contributed by atoms with E-state index in [1.807, 2.05) is 5.38 Å². The van der Waals surface area contributed by atoms with Gasteiger partial charge in [0.15, 0.2) is 11.5 Å². The zero-order valence-electron chi connectivity index (χ0n) is 13.5. The Labute approximate surface area is 164 Å². The largest absolute Gasteiger partial charge is 0.504 e. The van der Waals surface area contributed by atoms with Crippen molar-refractivity contribution in [3.63, 3.8) is 0 Å². The van der Waals surface area contributed by atoms with Crippen LogP contribution in [0.1, 0.15) is 10.6 Å². The highest BCUT2D eigenvalue weighted by Gasteiger charge is 2.12. The summed E-state index contributed by atoms with van der Waals surface area (Å²) in [6.07, 6.45) is 1.66. The number of nitrogens with zero attached hydrogens (tertiary/aromatic N) is 2. The van der Waals surface area contributed by atoms with E-state index in [0.717, 1.165) is 5.56 Å². The lowest BCUT2D eigenvalue weighted by atomic mass is 10.1. The SMILES string of the molecule is COc1ccc(/C=C(\C#N)c2nc(-c3ccc(Cl)cc3Cl)cs2)cc1O. The molecule has 0 amide bonds. The van der Waals surface area contributed by atoms with Crippen molar-refractivity contribution < 1.29 is 9.84 Å². The van der Waals surface area contributed by atoms with Gasteiger partial charge in [0.1, 0.15) is 11.1 Å². The van der Waals surface area contributed by atoms with E-state index in [4.69, 9.17) is 27.9 Å². The van der Waals surface area contributed by atoms with E-state index in [1.165, 1.54) is 24.5 Å². The molecule has 0 fully saturated rings. The number of phenols is 1. The van der Waals surface area contributed by atoms with Crippen LogP contribution < -0.4 is 4.74 Å². The molecular formula is C19H12Cl2N2O2S. The molecule has 0 aliphatic carbocycles. The molecule has 0 spiro atoms. The van der Waals surface area contributed by atoms with Crippen LogP contribution in [0.4, 0.5) is 0 Å². The highest BCUT2D eigenvalue weighted by Crippen LogP contribution is 2.33. The lowest BCUT2D eigenvalue weighted by molar-refractivity contribution is 0.373. The summed E-state index contributed by atoms with van der Waals surface area (Å²) in [6, 6.07) is 12.2. The van der Waals surface area contributed by atoms with Crippen LogP contribution in [0.15, 0.2) is 41.8 Å². The third-order valence-corrected chi connectivity index (χ3v) is 5.00. The number of aromatic nitrogens is 1. The standard InChI is InChI=1S/C19H12Cl2N2O2S/c1-25-18-5-2-11(7-17(18)24)6-12(9-22)19-23-16(10-26-19)14-4-3-13(20)8-15(14)21/h2-8,10,24H,1H3/b12-6+. The average Bonchev–Trinajstić information content (AvgIpc) is 3.09. The molecule has 1 aromatic heterocycles. The first-order chi connectivity index (χ1) is 12.5. The maximum absolute atomic E-state index is 9.88. The molecule has 0 aliphatic rings. The first-order valence-corrected chi connectivity index (χ1v) is 9.05. The number of benzene rings is 2.